The number of rotatable bonds is 9. The number of aliphatic carboxylic acids is 1. The first-order valence-corrected chi connectivity index (χ1v) is 8.60. The zero-order chi connectivity index (χ0) is 19.1. The summed E-state index contributed by atoms with van der Waals surface area (Å²) in [4.78, 5) is 23.6. The SMILES string of the molecule is CCOc1ccc(CC(CNC(=O)c2cc(C(C)C)on2)C(=O)O)cc1. The van der Waals surface area contributed by atoms with Gasteiger partial charge in [-0.2, -0.15) is 0 Å². The Hall–Kier alpha value is -2.83. The predicted molar refractivity (Wildman–Crippen MR) is 95.4 cm³/mol. The second-order valence-electron chi connectivity index (χ2n) is 6.30. The number of hydrogen-bond donors (Lipinski definition) is 2. The van der Waals surface area contributed by atoms with Crippen molar-refractivity contribution in [2.45, 2.75) is 33.1 Å². The Balaban J connectivity index is 1.94. The van der Waals surface area contributed by atoms with Crippen LogP contribution in [0.15, 0.2) is 34.9 Å². The van der Waals surface area contributed by atoms with Crippen molar-refractivity contribution in [1.82, 2.24) is 10.5 Å². The Morgan fingerprint density at radius 1 is 1.27 bits per heavy atom. The summed E-state index contributed by atoms with van der Waals surface area (Å²) in [5.41, 5.74) is 1.01. The summed E-state index contributed by atoms with van der Waals surface area (Å²) in [6.07, 6.45) is 0.304. The Labute approximate surface area is 152 Å². The fraction of sp³-hybridized carbons (Fsp3) is 0.421. The minimum Gasteiger partial charge on any atom is -0.494 e. The number of carbonyl (C=O) groups excluding carboxylic acids is 1. The van der Waals surface area contributed by atoms with Gasteiger partial charge in [0, 0.05) is 18.5 Å². The molecule has 1 unspecified atom stereocenters. The number of benzene rings is 1. The standard InChI is InChI=1S/C19H24N2O5/c1-4-25-15-7-5-13(6-8-15)9-14(19(23)24)11-20-18(22)16-10-17(12(2)3)26-21-16/h5-8,10,12,14H,4,9,11H2,1-3H3,(H,20,22)(H,23,24). The van der Waals surface area contributed by atoms with Crippen molar-refractivity contribution in [2.75, 3.05) is 13.2 Å². The van der Waals surface area contributed by atoms with Crippen LogP contribution in [0.1, 0.15) is 48.5 Å². The number of carboxylic acid groups (broad SMARTS) is 1. The van der Waals surface area contributed by atoms with Crippen LogP contribution in [0, 0.1) is 5.92 Å². The fourth-order valence-electron chi connectivity index (χ4n) is 2.39. The quantitative estimate of drug-likeness (QED) is 0.713. The molecule has 2 N–H and O–H groups in total. The minimum absolute atomic E-state index is 0.00521. The molecule has 0 saturated carbocycles. The molecule has 1 aromatic heterocycles. The van der Waals surface area contributed by atoms with Crippen molar-refractivity contribution >= 4 is 11.9 Å². The van der Waals surface area contributed by atoms with Crippen LogP contribution < -0.4 is 10.1 Å². The third-order valence-corrected chi connectivity index (χ3v) is 3.90. The largest absolute Gasteiger partial charge is 0.494 e. The first-order chi connectivity index (χ1) is 12.4. The van der Waals surface area contributed by atoms with Gasteiger partial charge in [0.05, 0.1) is 12.5 Å². The number of hydrogen-bond acceptors (Lipinski definition) is 5. The second-order valence-corrected chi connectivity index (χ2v) is 6.30. The van der Waals surface area contributed by atoms with E-state index in [9.17, 15) is 14.7 Å². The van der Waals surface area contributed by atoms with Crippen molar-refractivity contribution in [3.63, 3.8) is 0 Å². The molecule has 1 atom stereocenters. The maximum atomic E-state index is 12.1. The van der Waals surface area contributed by atoms with Crippen molar-refractivity contribution in [1.29, 1.82) is 0 Å². The van der Waals surface area contributed by atoms with E-state index in [1.807, 2.05) is 32.9 Å². The summed E-state index contributed by atoms with van der Waals surface area (Å²) in [7, 11) is 0. The number of nitrogens with one attached hydrogen (secondary N) is 1. The molecule has 2 aromatic rings. The Bertz CT molecular complexity index is 737. The van der Waals surface area contributed by atoms with Gasteiger partial charge in [0.15, 0.2) is 5.69 Å². The summed E-state index contributed by atoms with van der Waals surface area (Å²) < 4.78 is 10.5. The molecule has 0 radical (unpaired) electrons. The molecule has 7 heteroatoms. The third kappa shape index (κ3) is 5.34. The van der Waals surface area contributed by atoms with Crippen LogP contribution in [0.2, 0.25) is 0 Å². The van der Waals surface area contributed by atoms with Crippen molar-refractivity contribution < 1.29 is 24.0 Å². The van der Waals surface area contributed by atoms with E-state index in [4.69, 9.17) is 9.26 Å². The van der Waals surface area contributed by atoms with Gasteiger partial charge in [-0.1, -0.05) is 31.1 Å². The maximum absolute atomic E-state index is 12.1. The van der Waals surface area contributed by atoms with E-state index in [1.165, 1.54) is 0 Å². The molecule has 0 fully saturated rings. The summed E-state index contributed by atoms with van der Waals surface area (Å²) >= 11 is 0. The molecule has 0 aliphatic heterocycles. The van der Waals surface area contributed by atoms with Crippen LogP contribution in [0.3, 0.4) is 0 Å². The smallest absolute Gasteiger partial charge is 0.308 e. The zero-order valence-electron chi connectivity index (χ0n) is 15.2. The molecule has 1 amide bonds. The number of carboxylic acids is 1. The molecule has 0 spiro atoms. The summed E-state index contributed by atoms with van der Waals surface area (Å²) in [6.45, 7) is 6.34. The lowest BCUT2D eigenvalue weighted by atomic mass is 9.99. The van der Waals surface area contributed by atoms with E-state index in [0.29, 0.717) is 18.8 Å². The molecule has 0 bridgehead atoms. The lowest BCUT2D eigenvalue weighted by Gasteiger charge is -2.13. The molecule has 0 aliphatic rings. The minimum atomic E-state index is -0.970. The van der Waals surface area contributed by atoms with Gasteiger partial charge >= 0.3 is 5.97 Å². The fourth-order valence-corrected chi connectivity index (χ4v) is 2.39. The summed E-state index contributed by atoms with van der Waals surface area (Å²) in [5.74, 6) is -0.688. The first kappa shape index (κ1) is 19.5. The third-order valence-electron chi connectivity index (χ3n) is 3.90. The van der Waals surface area contributed by atoms with Crippen LogP contribution in [-0.2, 0) is 11.2 Å². The molecule has 26 heavy (non-hydrogen) atoms. The highest BCUT2D eigenvalue weighted by Crippen LogP contribution is 2.16. The summed E-state index contributed by atoms with van der Waals surface area (Å²) in [6, 6.07) is 8.84. The molecular weight excluding hydrogens is 336 g/mol. The van der Waals surface area contributed by atoms with E-state index >= 15 is 0 Å². The monoisotopic (exact) mass is 360 g/mol. The maximum Gasteiger partial charge on any atom is 0.308 e. The molecule has 0 aliphatic carbocycles. The van der Waals surface area contributed by atoms with Gasteiger partial charge in [-0.05, 0) is 31.0 Å². The van der Waals surface area contributed by atoms with Crippen molar-refractivity contribution in [2.24, 2.45) is 5.92 Å². The van der Waals surface area contributed by atoms with Gasteiger partial charge in [0.1, 0.15) is 11.5 Å². The number of ether oxygens (including phenoxy) is 1. The molecule has 2 rings (SSSR count). The van der Waals surface area contributed by atoms with Crippen LogP contribution >= 0.6 is 0 Å². The average molecular weight is 360 g/mol. The first-order valence-electron chi connectivity index (χ1n) is 8.60. The predicted octanol–water partition coefficient (Wildman–Crippen LogP) is 2.87. The lowest BCUT2D eigenvalue weighted by Crippen LogP contribution is -2.34. The van der Waals surface area contributed by atoms with Gasteiger partial charge in [0.2, 0.25) is 0 Å². The number of carbonyl (C=O) groups is 2. The van der Waals surface area contributed by atoms with Gasteiger partial charge in [-0.3, -0.25) is 9.59 Å². The number of amides is 1. The van der Waals surface area contributed by atoms with Gasteiger partial charge < -0.3 is 19.7 Å². The molecule has 7 nitrogen and oxygen atoms in total. The Kier molecular flexibility index (Phi) is 6.77. The highest BCUT2D eigenvalue weighted by atomic mass is 16.5. The van der Waals surface area contributed by atoms with E-state index < -0.39 is 17.8 Å². The summed E-state index contributed by atoms with van der Waals surface area (Å²) in [5, 5.41) is 15.8. The highest BCUT2D eigenvalue weighted by molar-refractivity contribution is 5.92. The van der Waals surface area contributed by atoms with E-state index in [1.54, 1.807) is 18.2 Å². The molecular formula is C19H24N2O5. The van der Waals surface area contributed by atoms with Crippen molar-refractivity contribution in [3.8, 4) is 5.75 Å². The second kappa shape index (κ2) is 9.03. The van der Waals surface area contributed by atoms with Gasteiger partial charge in [0.25, 0.3) is 5.91 Å². The topological polar surface area (TPSA) is 102 Å². The van der Waals surface area contributed by atoms with Crippen LogP contribution in [0.4, 0.5) is 0 Å². The van der Waals surface area contributed by atoms with E-state index in [0.717, 1.165) is 11.3 Å². The van der Waals surface area contributed by atoms with Gasteiger partial charge in [-0.25, -0.2) is 0 Å². The molecule has 140 valence electrons. The molecule has 1 aromatic carbocycles. The normalized spacial score (nSPS) is 12.0. The average Bonchev–Trinajstić information content (AvgIpc) is 3.10. The van der Waals surface area contributed by atoms with Gasteiger partial charge in [-0.15, -0.1) is 0 Å². The van der Waals surface area contributed by atoms with E-state index in [2.05, 4.69) is 10.5 Å². The number of aromatic nitrogens is 1. The number of nitrogens with zero attached hydrogens (tertiary/aromatic N) is 1. The Morgan fingerprint density at radius 3 is 2.50 bits per heavy atom. The highest BCUT2D eigenvalue weighted by Gasteiger charge is 2.21. The van der Waals surface area contributed by atoms with Crippen LogP contribution in [-0.4, -0.2) is 35.3 Å². The van der Waals surface area contributed by atoms with Crippen molar-refractivity contribution in [3.05, 3.63) is 47.3 Å². The Morgan fingerprint density at radius 2 is 1.96 bits per heavy atom. The lowest BCUT2D eigenvalue weighted by molar-refractivity contribution is -0.141. The zero-order valence-corrected chi connectivity index (χ0v) is 15.2. The van der Waals surface area contributed by atoms with Crippen LogP contribution in [0.5, 0.6) is 5.75 Å². The van der Waals surface area contributed by atoms with Crippen LogP contribution in [0.25, 0.3) is 0 Å². The van der Waals surface area contributed by atoms with E-state index in [-0.39, 0.29) is 18.2 Å². The molecule has 0 saturated heterocycles. The molecule has 1 heterocycles.